The maximum atomic E-state index is 12.2. The fraction of sp³-hybridized carbons (Fsp3) is 0.263. The number of nitrogens with zero attached hydrogens (tertiary/aromatic N) is 2. The summed E-state index contributed by atoms with van der Waals surface area (Å²) in [4.78, 5) is 36.4. The molecule has 2 rings (SSSR count). The van der Waals surface area contributed by atoms with E-state index in [1.165, 1.54) is 12.1 Å². The molecular formula is C19H20ClN3O5. The Labute approximate surface area is 167 Å². The highest BCUT2D eigenvalue weighted by molar-refractivity contribution is 6.31. The fourth-order valence-corrected chi connectivity index (χ4v) is 2.88. The number of nitro benzene ring substituents is 1. The van der Waals surface area contributed by atoms with Gasteiger partial charge in [-0.05, 0) is 30.7 Å². The summed E-state index contributed by atoms with van der Waals surface area (Å²) in [6, 6.07) is 10.7. The predicted octanol–water partition coefficient (Wildman–Crippen LogP) is 3.35. The highest BCUT2D eigenvalue weighted by atomic mass is 35.5. The van der Waals surface area contributed by atoms with E-state index in [2.05, 4.69) is 5.32 Å². The minimum Gasteiger partial charge on any atom is -0.452 e. The molecule has 148 valence electrons. The minimum atomic E-state index is -0.825. The van der Waals surface area contributed by atoms with Gasteiger partial charge in [0.05, 0.1) is 16.5 Å². The fourth-order valence-electron chi connectivity index (χ4n) is 2.58. The van der Waals surface area contributed by atoms with Crippen molar-refractivity contribution in [3.8, 4) is 0 Å². The molecule has 0 aromatic heterocycles. The van der Waals surface area contributed by atoms with Crippen LogP contribution in [0.4, 0.5) is 11.4 Å². The monoisotopic (exact) mass is 405 g/mol. The molecule has 0 saturated carbocycles. The lowest BCUT2D eigenvalue weighted by molar-refractivity contribution is -0.384. The molecule has 0 aliphatic carbocycles. The van der Waals surface area contributed by atoms with E-state index in [1.54, 1.807) is 50.2 Å². The van der Waals surface area contributed by atoms with Crippen molar-refractivity contribution in [3.05, 3.63) is 68.7 Å². The van der Waals surface area contributed by atoms with Crippen LogP contribution >= 0.6 is 11.6 Å². The summed E-state index contributed by atoms with van der Waals surface area (Å²) in [6.07, 6.45) is 0. The van der Waals surface area contributed by atoms with E-state index in [4.69, 9.17) is 16.3 Å². The minimum absolute atomic E-state index is 0.00995. The third-order valence-electron chi connectivity index (χ3n) is 3.97. The third kappa shape index (κ3) is 5.20. The van der Waals surface area contributed by atoms with Crippen molar-refractivity contribution in [2.24, 2.45) is 0 Å². The highest BCUT2D eigenvalue weighted by Gasteiger charge is 2.20. The molecular weight excluding hydrogens is 386 g/mol. The number of esters is 1. The van der Waals surface area contributed by atoms with Crippen molar-refractivity contribution in [3.63, 3.8) is 0 Å². The number of carbonyl (C=O) groups is 2. The third-order valence-corrected chi connectivity index (χ3v) is 4.32. The van der Waals surface area contributed by atoms with Crippen LogP contribution in [0.3, 0.4) is 0 Å². The van der Waals surface area contributed by atoms with Gasteiger partial charge in [0.25, 0.3) is 11.6 Å². The van der Waals surface area contributed by atoms with Gasteiger partial charge in [-0.25, -0.2) is 4.79 Å². The summed E-state index contributed by atoms with van der Waals surface area (Å²) in [5.41, 5.74) is 0.854. The predicted molar refractivity (Wildman–Crippen MR) is 106 cm³/mol. The summed E-state index contributed by atoms with van der Waals surface area (Å²) in [5.74, 6) is -1.34. The molecule has 2 aromatic rings. The van der Waals surface area contributed by atoms with E-state index in [0.29, 0.717) is 10.7 Å². The molecule has 0 heterocycles. The second kappa shape index (κ2) is 9.18. The standard InChI is InChI=1S/C19H20ClN3O5/c1-12(14-6-4-5-7-15(14)20)21-18(24)11-28-19(25)13-8-9-16(22(2)3)17(10-13)23(26)27/h4-10,12H,11H2,1-3H3,(H,21,24)/t12-/m0/s1. The number of hydrogen-bond acceptors (Lipinski definition) is 6. The lowest BCUT2D eigenvalue weighted by Crippen LogP contribution is -2.31. The topological polar surface area (TPSA) is 102 Å². The van der Waals surface area contributed by atoms with Crippen molar-refractivity contribution in [2.45, 2.75) is 13.0 Å². The van der Waals surface area contributed by atoms with Gasteiger partial charge in [-0.3, -0.25) is 14.9 Å². The van der Waals surface area contributed by atoms with Crippen molar-refractivity contribution >= 4 is 34.9 Å². The lowest BCUT2D eigenvalue weighted by atomic mass is 10.1. The Morgan fingerprint density at radius 2 is 1.93 bits per heavy atom. The molecule has 0 aliphatic rings. The Balaban J connectivity index is 2.00. The number of nitro groups is 1. The molecule has 0 unspecified atom stereocenters. The van der Waals surface area contributed by atoms with Crippen LogP contribution in [-0.2, 0) is 9.53 Å². The second-order valence-corrected chi connectivity index (χ2v) is 6.65. The van der Waals surface area contributed by atoms with Crippen molar-refractivity contribution < 1.29 is 19.2 Å². The van der Waals surface area contributed by atoms with Crippen LogP contribution in [0.5, 0.6) is 0 Å². The van der Waals surface area contributed by atoms with E-state index < -0.39 is 23.4 Å². The number of benzene rings is 2. The average Bonchev–Trinajstić information content (AvgIpc) is 2.65. The van der Waals surface area contributed by atoms with Crippen molar-refractivity contribution in [2.75, 3.05) is 25.6 Å². The number of carbonyl (C=O) groups excluding carboxylic acids is 2. The summed E-state index contributed by atoms with van der Waals surface area (Å²) >= 11 is 6.09. The molecule has 0 aliphatic heterocycles. The SMILES string of the molecule is C[C@H](NC(=O)COC(=O)c1ccc(N(C)C)c([N+](=O)[O-])c1)c1ccccc1Cl. The zero-order valence-corrected chi connectivity index (χ0v) is 16.4. The quantitative estimate of drug-likeness (QED) is 0.430. The maximum absolute atomic E-state index is 12.2. The number of amides is 1. The molecule has 2 aromatic carbocycles. The molecule has 8 nitrogen and oxygen atoms in total. The zero-order valence-electron chi connectivity index (χ0n) is 15.6. The molecule has 1 amide bonds. The molecule has 1 atom stereocenters. The van der Waals surface area contributed by atoms with Gasteiger partial charge >= 0.3 is 5.97 Å². The largest absolute Gasteiger partial charge is 0.452 e. The van der Waals surface area contributed by atoms with Crippen molar-refractivity contribution in [1.82, 2.24) is 5.32 Å². The number of nitrogens with one attached hydrogen (secondary N) is 1. The molecule has 1 N–H and O–H groups in total. The van der Waals surface area contributed by atoms with Gasteiger partial charge in [0.1, 0.15) is 5.69 Å². The lowest BCUT2D eigenvalue weighted by Gasteiger charge is -2.16. The van der Waals surface area contributed by atoms with Crippen molar-refractivity contribution in [1.29, 1.82) is 0 Å². The van der Waals surface area contributed by atoms with E-state index in [9.17, 15) is 19.7 Å². The first-order valence-electron chi connectivity index (χ1n) is 8.37. The Morgan fingerprint density at radius 3 is 2.54 bits per heavy atom. The molecule has 0 fully saturated rings. The van der Waals surface area contributed by atoms with E-state index in [1.807, 2.05) is 0 Å². The van der Waals surface area contributed by atoms with Crippen LogP contribution < -0.4 is 10.2 Å². The van der Waals surface area contributed by atoms with Crippen LogP contribution in [-0.4, -0.2) is 37.5 Å². The average molecular weight is 406 g/mol. The van der Waals surface area contributed by atoms with Crippen LogP contribution in [0, 0.1) is 10.1 Å². The van der Waals surface area contributed by atoms with Gasteiger partial charge in [-0.15, -0.1) is 0 Å². The highest BCUT2D eigenvalue weighted by Crippen LogP contribution is 2.28. The number of hydrogen-bond donors (Lipinski definition) is 1. The van der Waals surface area contributed by atoms with Gasteiger partial charge < -0.3 is 15.0 Å². The molecule has 9 heteroatoms. The maximum Gasteiger partial charge on any atom is 0.338 e. The summed E-state index contributed by atoms with van der Waals surface area (Å²) in [7, 11) is 3.32. The van der Waals surface area contributed by atoms with Crippen LogP contribution in [0.2, 0.25) is 5.02 Å². The molecule has 0 bridgehead atoms. The zero-order chi connectivity index (χ0) is 20.8. The smallest absolute Gasteiger partial charge is 0.338 e. The number of halogens is 1. The Hall–Kier alpha value is -3.13. The van der Waals surface area contributed by atoms with Gasteiger partial charge in [-0.2, -0.15) is 0 Å². The van der Waals surface area contributed by atoms with E-state index in [0.717, 1.165) is 11.6 Å². The normalized spacial score (nSPS) is 11.4. The van der Waals surface area contributed by atoms with Crippen LogP contribution in [0.15, 0.2) is 42.5 Å². The summed E-state index contributed by atoms with van der Waals surface area (Å²) in [6.45, 7) is 1.24. The molecule has 0 radical (unpaired) electrons. The van der Waals surface area contributed by atoms with Crippen LogP contribution in [0.25, 0.3) is 0 Å². The first-order valence-corrected chi connectivity index (χ1v) is 8.75. The van der Waals surface area contributed by atoms with E-state index >= 15 is 0 Å². The Bertz CT molecular complexity index is 901. The van der Waals surface area contributed by atoms with Gasteiger partial charge in [0.2, 0.25) is 0 Å². The van der Waals surface area contributed by atoms with Gasteiger partial charge in [-0.1, -0.05) is 29.8 Å². The Kier molecular flexibility index (Phi) is 6.94. The van der Waals surface area contributed by atoms with Crippen LogP contribution in [0.1, 0.15) is 28.9 Å². The summed E-state index contributed by atoms with van der Waals surface area (Å²) < 4.78 is 4.97. The summed E-state index contributed by atoms with van der Waals surface area (Å²) in [5, 5.41) is 14.4. The number of anilines is 1. The molecule has 0 spiro atoms. The first kappa shape index (κ1) is 21.2. The first-order chi connectivity index (χ1) is 13.2. The number of rotatable bonds is 7. The molecule has 28 heavy (non-hydrogen) atoms. The van der Waals surface area contributed by atoms with E-state index in [-0.39, 0.29) is 17.3 Å². The number of ether oxygens (including phenoxy) is 1. The second-order valence-electron chi connectivity index (χ2n) is 6.24. The van der Waals surface area contributed by atoms with Gasteiger partial charge in [0, 0.05) is 25.2 Å². The Morgan fingerprint density at radius 1 is 1.25 bits per heavy atom. The van der Waals surface area contributed by atoms with Gasteiger partial charge in [0.15, 0.2) is 6.61 Å². The molecule has 0 saturated heterocycles.